The van der Waals surface area contributed by atoms with Crippen molar-refractivity contribution in [2.75, 3.05) is 5.32 Å². The number of benzene rings is 2. The third-order valence-corrected chi connectivity index (χ3v) is 4.41. The minimum Gasteiger partial charge on any atom is -0.325 e. The second-order valence-electron chi connectivity index (χ2n) is 5.33. The molecule has 7 heteroatoms. The van der Waals surface area contributed by atoms with Crippen LogP contribution in [0.15, 0.2) is 59.8 Å². The molecule has 0 spiro atoms. The van der Waals surface area contributed by atoms with Crippen molar-refractivity contribution in [3.8, 4) is 5.69 Å². The minimum absolute atomic E-state index is 0.0896. The van der Waals surface area contributed by atoms with Crippen LogP contribution in [0.3, 0.4) is 0 Å². The van der Waals surface area contributed by atoms with E-state index in [9.17, 15) is 4.79 Å². The van der Waals surface area contributed by atoms with Crippen molar-refractivity contribution in [1.29, 1.82) is 0 Å². The van der Waals surface area contributed by atoms with Crippen LogP contribution in [0, 0.1) is 6.92 Å². The predicted octanol–water partition coefficient (Wildman–Crippen LogP) is 3.09. The minimum atomic E-state index is -0.334. The van der Waals surface area contributed by atoms with Crippen molar-refractivity contribution in [3.05, 3.63) is 60.2 Å². The first-order chi connectivity index (χ1) is 11.6. The fourth-order valence-electron chi connectivity index (χ4n) is 2.16. The first-order valence-electron chi connectivity index (χ1n) is 7.51. The molecule has 0 aliphatic rings. The second kappa shape index (κ2) is 7.27. The summed E-state index contributed by atoms with van der Waals surface area (Å²) in [6, 6.07) is 17.3. The Labute approximate surface area is 144 Å². The van der Waals surface area contributed by atoms with E-state index in [-0.39, 0.29) is 11.2 Å². The van der Waals surface area contributed by atoms with E-state index in [1.807, 2.05) is 68.4 Å². The van der Waals surface area contributed by atoms with E-state index in [1.165, 1.54) is 11.8 Å². The number of carbonyl (C=O) groups excluding carboxylic acids is 1. The van der Waals surface area contributed by atoms with Gasteiger partial charge >= 0.3 is 0 Å². The molecular weight excluding hydrogens is 322 g/mol. The number of nitrogens with one attached hydrogen (secondary N) is 1. The lowest BCUT2D eigenvalue weighted by molar-refractivity contribution is -0.115. The monoisotopic (exact) mass is 339 g/mol. The molecule has 1 unspecified atom stereocenters. The summed E-state index contributed by atoms with van der Waals surface area (Å²) in [5, 5.41) is 14.9. The number of carbonyl (C=O) groups is 1. The standard InChI is InChI=1S/C17H17N5OS/c1-12-7-6-8-14(11-12)18-16(23)13(2)24-17-19-20-21-22(17)15-9-4-3-5-10-15/h3-11,13H,1-2H3,(H,18,23). The lowest BCUT2D eigenvalue weighted by Gasteiger charge is -2.12. The van der Waals surface area contributed by atoms with E-state index in [4.69, 9.17) is 0 Å². The van der Waals surface area contributed by atoms with Crippen molar-refractivity contribution in [1.82, 2.24) is 20.2 Å². The topological polar surface area (TPSA) is 72.7 Å². The van der Waals surface area contributed by atoms with E-state index in [2.05, 4.69) is 20.8 Å². The molecule has 122 valence electrons. The smallest absolute Gasteiger partial charge is 0.237 e. The maximum atomic E-state index is 12.4. The fraction of sp³-hybridized carbons (Fsp3) is 0.176. The molecule has 1 amide bonds. The highest BCUT2D eigenvalue weighted by Gasteiger charge is 2.19. The van der Waals surface area contributed by atoms with Gasteiger partial charge in [-0.15, -0.1) is 5.10 Å². The summed E-state index contributed by atoms with van der Waals surface area (Å²) in [4.78, 5) is 12.4. The molecule has 24 heavy (non-hydrogen) atoms. The average Bonchev–Trinajstić information content (AvgIpc) is 3.03. The second-order valence-corrected chi connectivity index (χ2v) is 6.64. The molecule has 0 saturated heterocycles. The van der Waals surface area contributed by atoms with Crippen molar-refractivity contribution >= 4 is 23.4 Å². The first-order valence-corrected chi connectivity index (χ1v) is 8.39. The Balaban J connectivity index is 1.70. The van der Waals surface area contributed by atoms with E-state index in [0.29, 0.717) is 5.16 Å². The van der Waals surface area contributed by atoms with E-state index in [0.717, 1.165) is 16.9 Å². The molecule has 0 bridgehead atoms. The van der Waals surface area contributed by atoms with Gasteiger partial charge in [0, 0.05) is 5.69 Å². The van der Waals surface area contributed by atoms with Crippen LogP contribution < -0.4 is 5.32 Å². The van der Waals surface area contributed by atoms with Crippen molar-refractivity contribution in [3.63, 3.8) is 0 Å². The zero-order valence-electron chi connectivity index (χ0n) is 13.4. The number of para-hydroxylation sites is 1. The van der Waals surface area contributed by atoms with Crippen molar-refractivity contribution < 1.29 is 4.79 Å². The number of anilines is 1. The van der Waals surface area contributed by atoms with Gasteiger partial charge in [-0.2, -0.15) is 4.68 Å². The summed E-state index contributed by atoms with van der Waals surface area (Å²) < 4.78 is 1.63. The van der Waals surface area contributed by atoms with Crippen LogP contribution in [0.4, 0.5) is 5.69 Å². The number of aromatic nitrogens is 4. The third kappa shape index (κ3) is 3.80. The molecule has 1 N–H and O–H groups in total. The van der Waals surface area contributed by atoms with Gasteiger partial charge in [0.05, 0.1) is 10.9 Å². The van der Waals surface area contributed by atoms with Gasteiger partial charge in [0.1, 0.15) is 0 Å². The van der Waals surface area contributed by atoms with Crippen LogP contribution in [0.25, 0.3) is 5.69 Å². The predicted molar refractivity (Wildman–Crippen MR) is 94.3 cm³/mol. The molecule has 0 aliphatic carbocycles. The van der Waals surface area contributed by atoms with Gasteiger partial charge in [-0.25, -0.2) is 0 Å². The Hall–Kier alpha value is -2.67. The van der Waals surface area contributed by atoms with Gasteiger partial charge in [0.15, 0.2) is 0 Å². The number of thioether (sulfide) groups is 1. The number of tetrazole rings is 1. The molecule has 0 fully saturated rings. The lowest BCUT2D eigenvalue weighted by atomic mass is 10.2. The van der Waals surface area contributed by atoms with Gasteiger partial charge in [0.25, 0.3) is 0 Å². The van der Waals surface area contributed by atoms with Gasteiger partial charge in [0.2, 0.25) is 11.1 Å². The van der Waals surface area contributed by atoms with Crippen LogP contribution in [-0.4, -0.2) is 31.4 Å². The quantitative estimate of drug-likeness (QED) is 0.723. The van der Waals surface area contributed by atoms with Crippen molar-refractivity contribution in [2.45, 2.75) is 24.3 Å². The molecule has 6 nitrogen and oxygen atoms in total. The Kier molecular flexibility index (Phi) is 4.90. The summed E-state index contributed by atoms with van der Waals surface area (Å²) in [5.74, 6) is -0.0896. The van der Waals surface area contributed by atoms with Crippen LogP contribution in [-0.2, 0) is 4.79 Å². The average molecular weight is 339 g/mol. The lowest BCUT2D eigenvalue weighted by Crippen LogP contribution is -2.23. The summed E-state index contributed by atoms with van der Waals surface area (Å²) in [7, 11) is 0. The van der Waals surface area contributed by atoms with Gasteiger partial charge < -0.3 is 5.32 Å². The molecule has 1 heterocycles. The summed E-state index contributed by atoms with van der Waals surface area (Å²) in [6.45, 7) is 3.82. The Bertz CT molecular complexity index is 834. The summed E-state index contributed by atoms with van der Waals surface area (Å²) in [6.07, 6.45) is 0. The van der Waals surface area contributed by atoms with E-state index >= 15 is 0 Å². The molecule has 3 rings (SSSR count). The molecule has 0 saturated carbocycles. The van der Waals surface area contributed by atoms with Gasteiger partial charge in [-0.05, 0) is 54.1 Å². The maximum Gasteiger partial charge on any atom is 0.237 e. The summed E-state index contributed by atoms with van der Waals surface area (Å²) >= 11 is 1.32. The van der Waals surface area contributed by atoms with Crippen LogP contribution in [0.1, 0.15) is 12.5 Å². The highest BCUT2D eigenvalue weighted by atomic mass is 32.2. The number of aryl methyl sites for hydroxylation is 1. The highest BCUT2D eigenvalue weighted by Crippen LogP contribution is 2.23. The molecule has 0 radical (unpaired) electrons. The third-order valence-electron chi connectivity index (χ3n) is 3.38. The number of hydrogen-bond donors (Lipinski definition) is 1. The Morgan fingerprint density at radius 2 is 1.96 bits per heavy atom. The maximum absolute atomic E-state index is 12.4. The molecule has 1 atom stereocenters. The van der Waals surface area contributed by atoms with E-state index in [1.54, 1.807) is 4.68 Å². The number of amides is 1. The summed E-state index contributed by atoms with van der Waals surface area (Å²) in [5.41, 5.74) is 2.74. The Morgan fingerprint density at radius 3 is 2.71 bits per heavy atom. The molecular formula is C17H17N5OS. The molecule has 0 aliphatic heterocycles. The molecule has 3 aromatic rings. The first kappa shape index (κ1) is 16.2. The number of hydrogen-bond acceptors (Lipinski definition) is 5. The van der Waals surface area contributed by atoms with Gasteiger partial charge in [-0.1, -0.05) is 42.1 Å². The fourth-order valence-corrected chi connectivity index (χ4v) is 2.97. The SMILES string of the molecule is Cc1cccc(NC(=O)C(C)Sc2nnnn2-c2ccccc2)c1. The van der Waals surface area contributed by atoms with Crippen LogP contribution >= 0.6 is 11.8 Å². The molecule has 2 aromatic carbocycles. The normalized spacial score (nSPS) is 11.9. The highest BCUT2D eigenvalue weighted by molar-refractivity contribution is 8.00. The zero-order chi connectivity index (χ0) is 16.9. The zero-order valence-corrected chi connectivity index (χ0v) is 14.2. The Morgan fingerprint density at radius 1 is 1.17 bits per heavy atom. The molecule has 1 aromatic heterocycles. The van der Waals surface area contributed by atoms with Gasteiger partial charge in [-0.3, -0.25) is 4.79 Å². The number of nitrogens with zero attached hydrogens (tertiary/aromatic N) is 4. The number of rotatable bonds is 5. The largest absolute Gasteiger partial charge is 0.325 e. The van der Waals surface area contributed by atoms with E-state index < -0.39 is 0 Å². The van der Waals surface area contributed by atoms with Crippen LogP contribution in [0.2, 0.25) is 0 Å². The van der Waals surface area contributed by atoms with Crippen LogP contribution in [0.5, 0.6) is 0 Å². The van der Waals surface area contributed by atoms with Crippen molar-refractivity contribution in [2.24, 2.45) is 0 Å².